The molecular weight excluding hydrogens is 354 g/mol. The first-order valence-electron chi connectivity index (χ1n) is 8.22. The van der Waals surface area contributed by atoms with Gasteiger partial charge < -0.3 is 19.6 Å². The van der Waals surface area contributed by atoms with Crippen LogP contribution in [0.25, 0.3) is 6.08 Å². The van der Waals surface area contributed by atoms with Crippen LogP contribution in [-0.4, -0.2) is 33.3 Å². The largest absolute Gasteiger partial charge is 0.532 e. The lowest BCUT2D eigenvalue weighted by molar-refractivity contribution is -0.443. The molecule has 2 amide bonds. The summed E-state index contributed by atoms with van der Waals surface area (Å²) in [4.78, 5) is 35.4. The molecule has 0 bridgehead atoms. The number of nitrogens with one attached hydrogen (secondary N) is 1. The van der Waals surface area contributed by atoms with Crippen molar-refractivity contribution in [3.63, 3.8) is 0 Å². The molecule has 0 unspecified atom stereocenters. The van der Waals surface area contributed by atoms with Crippen LogP contribution in [0.5, 0.6) is 0 Å². The second-order valence-electron chi connectivity index (χ2n) is 7.60. The quantitative estimate of drug-likeness (QED) is 0.629. The monoisotopic (exact) mass is 379 g/mol. The van der Waals surface area contributed by atoms with Gasteiger partial charge in [-0.2, -0.15) is 4.79 Å². The van der Waals surface area contributed by atoms with Gasteiger partial charge in [-0.3, -0.25) is 0 Å². The van der Waals surface area contributed by atoms with E-state index in [-0.39, 0.29) is 0 Å². The molecular formula is C18H25N3O6. The SMILES string of the molecule is CC(C)(C)OC(=O)NN(C(=O)OC(C)(C)C)/C(=C\c1ccccc1)[N+](=O)[O-]. The van der Waals surface area contributed by atoms with Crippen molar-refractivity contribution in [2.45, 2.75) is 52.7 Å². The minimum absolute atomic E-state index is 0.423. The molecule has 0 aliphatic carbocycles. The molecule has 1 aromatic rings. The zero-order chi connectivity index (χ0) is 20.8. The van der Waals surface area contributed by atoms with Gasteiger partial charge in [0, 0.05) is 6.08 Å². The van der Waals surface area contributed by atoms with Crippen molar-refractivity contribution in [1.29, 1.82) is 0 Å². The third kappa shape index (κ3) is 8.21. The van der Waals surface area contributed by atoms with Crippen molar-refractivity contribution in [2.24, 2.45) is 0 Å². The molecule has 0 radical (unpaired) electrons. The van der Waals surface area contributed by atoms with Gasteiger partial charge in [-0.05, 0) is 57.0 Å². The van der Waals surface area contributed by atoms with Gasteiger partial charge in [0.15, 0.2) is 0 Å². The third-order valence-electron chi connectivity index (χ3n) is 2.69. The molecule has 9 nitrogen and oxygen atoms in total. The fourth-order valence-corrected chi connectivity index (χ4v) is 1.79. The fourth-order valence-electron chi connectivity index (χ4n) is 1.79. The Bertz CT molecular complexity index is 717. The van der Waals surface area contributed by atoms with Crippen molar-refractivity contribution >= 4 is 18.3 Å². The maximum atomic E-state index is 12.5. The van der Waals surface area contributed by atoms with Gasteiger partial charge in [0.2, 0.25) is 0 Å². The van der Waals surface area contributed by atoms with E-state index in [1.54, 1.807) is 71.9 Å². The van der Waals surface area contributed by atoms with E-state index in [2.05, 4.69) is 5.43 Å². The number of nitrogens with zero attached hydrogens (tertiary/aromatic N) is 2. The number of ether oxygens (including phenoxy) is 2. The van der Waals surface area contributed by atoms with Crippen LogP contribution in [0.4, 0.5) is 9.59 Å². The lowest BCUT2D eigenvalue weighted by atomic mass is 10.2. The summed E-state index contributed by atoms with van der Waals surface area (Å²) in [6, 6.07) is 8.34. The lowest BCUT2D eigenvalue weighted by Crippen LogP contribution is -2.50. The van der Waals surface area contributed by atoms with Crippen molar-refractivity contribution in [2.75, 3.05) is 0 Å². The molecule has 148 valence electrons. The number of rotatable bonds is 3. The lowest BCUT2D eigenvalue weighted by Gasteiger charge is -2.24. The van der Waals surface area contributed by atoms with E-state index in [0.29, 0.717) is 10.6 Å². The molecule has 9 heteroatoms. The third-order valence-corrected chi connectivity index (χ3v) is 2.69. The van der Waals surface area contributed by atoms with Crippen LogP contribution in [0.15, 0.2) is 36.2 Å². The van der Waals surface area contributed by atoms with Crippen LogP contribution in [0.3, 0.4) is 0 Å². The topological polar surface area (TPSA) is 111 Å². The molecule has 0 heterocycles. The average Bonchev–Trinajstić information content (AvgIpc) is 2.48. The summed E-state index contributed by atoms with van der Waals surface area (Å²) in [5, 5.41) is 12.0. The van der Waals surface area contributed by atoms with Gasteiger partial charge in [0.1, 0.15) is 11.2 Å². The number of benzene rings is 1. The Morgan fingerprint density at radius 1 is 1.04 bits per heavy atom. The Hall–Kier alpha value is -3.10. The van der Waals surface area contributed by atoms with Crippen LogP contribution in [0.1, 0.15) is 47.1 Å². The van der Waals surface area contributed by atoms with Gasteiger partial charge in [0.25, 0.3) is 0 Å². The molecule has 0 aliphatic rings. The molecule has 0 fully saturated rings. The van der Waals surface area contributed by atoms with Crippen LogP contribution < -0.4 is 5.43 Å². The number of nitro groups is 1. The van der Waals surface area contributed by atoms with E-state index in [1.807, 2.05) is 0 Å². The molecule has 0 spiro atoms. The highest BCUT2D eigenvalue weighted by Crippen LogP contribution is 2.16. The second-order valence-corrected chi connectivity index (χ2v) is 7.60. The van der Waals surface area contributed by atoms with E-state index in [1.165, 1.54) is 0 Å². The Balaban J connectivity index is 3.27. The van der Waals surface area contributed by atoms with Gasteiger partial charge in [-0.25, -0.2) is 4.79 Å². The Morgan fingerprint density at radius 3 is 2.00 bits per heavy atom. The molecule has 1 aromatic carbocycles. The molecule has 1 N–H and O–H groups in total. The molecule has 27 heavy (non-hydrogen) atoms. The maximum absolute atomic E-state index is 12.5. The van der Waals surface area contributed by atoms with Gasteiger partial charge in [-0.1, -0.05) is 30.3 Å². The molecule has 0 aromatic heterocycles. The van der Waals surface area contributed by atoms with Crippen molar-refractivity contribution in [3.05, 3.63) is 51.8 Å². The minimum Gasteiger partial charge on any atom is -0.442 e. The summed E-state index contributed by atoms with van der Waals surface area (Å²) >= 11 is 0. The number of hydrazine groups is 1. The number of amides is 2. The highest BCUT2D eigenvalue weighted by atomic mass is 16.6. The Kier molecular flexibility index (Phi) is 6.93. The summed E-state index contributed by atoms with van der Waals surface area (Å²) in [6.07, 6.45) is -1.01. The van der Waals surface area contributed by atoms with Crippen LogP contribution in [0, 0.1) is 10.1 Å². The Labute approximate surface area is 158 Å². The fraction of sp³-hybridized carbons (Fsp3) is 0.444. The normalized spacial score (nSPS) is 12.1. The highest BCUT2D eigenvalue weighted by Gasteiger charge is 2.37. The highest BCUT2D eigenvalue weighted by molar-refractivity contribution is 5.76. The van der Waals surface area contributed by atoms with Gasteiger partial charge in [-0.15, -0.1) is 5.43 Å². The minimum atomic E-state index is -1.12. The van der Waals surface area contributed by atoms with E-state index >= 15 is 0 Å². The number of hydrogen-bond acceptors (Lipinski definition) is 6. The second kappa shape index (κ2) is 8.52. The van der Waals surface area contributed by atoms with Gasteiger partial charge in [0.05, 0.1) is 0 Å². The summed E-state index contributed by atoms with van der Waals surface area (Å²) < 4.78 is 10.3. The molecule has 0 saturated heterocycles. The van der Waals surface area contributed by atoms with E-state index in [4.69, 9.17) is 9.47 Å². The smallest absolute Gasteiger partial charge is 0.442 e. The maximum Gasteiger partial charge on any atom is 0.532 e. The van der Waals surface area contributed by atoms with E-state index in [0.717, 1.165) is 6.08 Å². The van der Waals surface area contributed by atoms with Crippen LogP contribution in [-0.2, 0) is 9.47 Å². The summed E-state index contributed by atoms with van der Waals surface area (Å²) in [7, 11) is 0. The first-order valence-corrected chi connectivity index (χ1v) is 8.22. The zero-order valence-corrected chi connectivity index (χ0v) is 16.3. The van der Waals surface area contributed by atoms with E-state index < -0.39 is 34.1 Å². The number of carbonyl (C=O) groups is 2. The standard InChI is InChI=1S/C18H25N3O6/c1-17(2,3)26-15(22)19-20(16(23)27-18(4,5)6)14(21(24)25)12-13-10-8-7-9-11-13/h7-12H,1-6H3,(H,19,22)/b14-12+. The summed E-state index contributed by atoms with van der Waals surface area (Å²) in [6.45, 7) is 9.67. The molecule has 1 rings (SSSR count). The average molecular weight is 379 g/mol. The number of carbonyl (C=O) groups excluding carboxylic acids is 2. The first kappa shape index (κ1) is 21.9. The molecule has 0 saturated carbocycles. The van der Waals surface area contributed by atoms with Crippen LogP contribution >= 0.6 is 0 Å². The number of hydrogen-bond donors (Lipinski definition) is 1. The van der Waals surface area contributed by atoms with Crippen molar-refractivity contribution in [1.82, 2.24) is 10.4 Å². The summed E-state index contributed by atoms with van der Waals surface area (Å²) in [5.41, 5.74) is 0.756. The van der Waals surface area contributed by atoms with Crippen molar-refractivity contribution < 1.29 is 24.0 Å². The zero-order valence-electron chi connectivity index (χ0n) is 16.3. The predicted molar refractivity (Wildman–Crippen MR) is 98.9 cm³/mol. The van der Waals surface area contributed by atoms with E-state index in [9.17, 15) is 19.7 Å². The van der Waals surface area contributed by atoms with Crippen LogP contribution in [0.2, 0.25) is 0 Å². The predicted octanol–water partition coefficient (Wildman–Crippen LogP) is 3.94. The van der Waals surface area contributed by atoms with Crippen molar-refractivity contribution in [3.8, 4) is 0 Å². The molecule has 0 atom stereocenters. The summed E-state index contributed by atoms with van der Waals surface area (Å²) in [5.74, 6) is -0.693. The molecule has 0 aliphatic heterocycles. The van der Waals surface area contributed by atoms with Gasteiger partial charge >= 0.3 is 18.0 Å². The first-order chi connectivity index (χ1) is 12.3. The Morgan fingerprint density at radius 2 is 1.56 bits per heavy atom.